The van der Waals surface area contributed by atoms with Crippen LogP contribution in [0.15, 0.2) is 103 Å². The van der Waals surface area contributed by atoms with Gasteiger partial charge in [0.25, 0.3) is 5.91 Å². The van der Waals surface area contributed by atoms with Crippen molar-refractivity contribution in [2.45, 2.75) is 24.7 Å². The first-order valence-corrected chi connectivity index (χ1v) is 13.3. The van der Waals surface area contributed by atoms with Crippen LogP contribution in [0.2, 0.25) is 0 Å². The van der Waals surface area contributed by atoms with Crippen LogP contribution < -0.4 is 10.6 Å². The Morgan fingerprint density at radius 3 is 2.48 bits per heavy atom. The van der Waals surface area contributed by atoms with Crippen molar-refractivity contribution in [3.8, 4) is 0 Å². The fourth-order valence-corrected chi connectivity index (χ4v) is 5.35. The lowest BCUT2D eigenvalue weighted by Crippen LogP contribution is -2.47. The molecule has 1 aromatic heterocycles. The molecule has 2 aliphatic rings. The minimum absolute atomic E-state index is 0.0182. The van der Waals surface area contributed by atoms with Crippen LogP contribution in [-0.2, 0) is 22.2 Å². The fraction of sp³-hybridized carbons (Fsp3) is 0.226. The van der Waals surface area contributed by atoms with E-state index in [1.807, 2.05) is 12.1 Å². The van der Waals surface area contributed by atoms with Crippen molar-refractivity contribution in [3.05, 3.63) is 125 Å². The lowest BCUT2D eigenvalue weighted by atomic mass is 9.91. The Kier molecular flexibility index (Phi) is 8.10. The number of aromatic nitrogens is 1. The van der Waals surface area contributed by atoms with Gasteiger partial charge in [0.1, 0.15) is 6.04 Å². The summed E-state index contributed by atoms with van der Waals surface area (Å²) in [6.07, 6.45) is -1.15. The maximum Gasteiger partial charge on any atom is 0.416 e. The molecular formula is C31H28F3N5O3. The fourth-order valence-electron chi connectivity index (χ4n) is 5.35. The summed E-state index contributed by atoms with van der Waals surface area (Å²) in [4.78, 5) is 47.8. The molecule has 0 unspecified atom stereocenters. The van der Waals surface area contributed by atoms with Crippen LogP contribution in [0.25, 0.3) is 0 Å². The minimum atomic E-state index is -4.72. The van der Waals surface area contributed by atoms with Crippen LogP contribution in [0.1, 0.15) is 34.5 Å². The molecular weight excluding hydrogens is 547 g/mol. The van der Waals surface area contributed by atoms with E-state index in [-0.39, 0.29) is 36.5 Å². The molecule has 42 heavy (non-hydrogen) atoms. The average Bonchev–Trinajstić information content (AvgIpc) is 3.31. The topological polar surface area (TPSA) is 94.6 Å². The second-order valence-corrected chi connectivity index (χ2v) is 9.84. The lowest BCUT2D eigenvalue weighted by molar-refractivity contribution is -0.138. The van der Waals surface area contributed by atoms with Gasteiger partial charge in [-0.3, -0.25) is 19.5 Å². The summed E-state index contributed by atoms with van der Waals surface area (Å²) in [6.45, 7) is 3.78. The number of alkyl halides is 3. The number of carbonyl (C=O) groups excluding carboxylic acids is 3. The minimum Gasteiger partial charge on any atom is -0.354 e. The van der Waals surface area contributed by atoms with Crippen molar-refractivity contribution in [2.24, 2.45) is 0 Å². The number of amides is 4. The maximum absolute atomic E-state index is 14.1. The highest BCUT2D eigenvalue weighted by Gasteiger charge is 2.49. The Bertz CT molecular complexity index is 1530. The Morgan fingerprint density at radius 2 is 1.79 bits per heavy atom. The lowest BCUT2D eigenvalue weighted by Gasteiger charge is -2.33. The third-order valence-electron chi connectivity index (χ3n) is 7.22. The van der Waals surface area contributed by atoms with E-state index in [2.05, 4.69) is 22.2 Å². The maximum atomic E-state index is 14.1. The first-order chi connectivity index (χ1) is 20.2. The highest BCUT2D eigenvalue weighted by atomic mass is 19.4. The van der Waals surface area contributed by atoms with Gasteiger partial charge in [-0.25, -0.2) is 4.79 Å². The molecule has 0 spiro atoms. The summed E-state index contributed by atoms with van der Waals surface area (Å²) >= 11 is 0. The molecule has 0 saturated carbocycles. The van der Waals surface area contributed by atoms with Gasteiger partial charge < -0.3 is 15.5 Å². The van der Waals surface area contributed by atoms with E-state index in [4.69, 9.17) is 0 Å². The van der Waals surface area contributed by atoms with E-state index >= 15 is 0 Å². The summed E-state index contributed by atoms with van der Waals surface area (Å²) in [5.41, 5.74) is 0.290. The third kappa shape index (κ3) is 5.63. The van der Waals surface area contributed by atoms with Crippen molar-refractivity contribution in [2.75, 3.05) is 19.6 Å². The van der Waals surface area contributed by atoms with Crippen LogP contribution in [0.3, 0.4) is 0 Å². The van der Waals surface area contributed by atoms with Gasteiger partial charge in [0, 0.05) is 31.4 Å². The molecule has 4 amide bonds. The molecule has 11 heteroatoms. The molecule has 216 valence electrons. The number of rotatable bonds is 9. The second kappa shape index (κ2) is 11.9. The van der Waals surface area contributed by atoms with Crippen LogP contribution in [0.4, 0.5) is 18.0 Å². The van der Waals surface area contributed by atoms with E-state index in [1.165, 1.54) is 34.1 Å². The van der Waals surface area contributed by atoms with Gasteiger partial charge in [-0.2, -0.15) is 13.2 Å². The predicted octanol–water partition coefficient (Wildman–Crippen LogP) is 4.55. The quantitative estimate of drug-likeness (QED) is 0.366. The van der Waals surface area contributed by atoms with Crippen molar-refractivity contribution in [3.63, 3.8) is 0 Å². The molecule has 0 saturated heterocycles. The molecule has 5 rings (SSSR count). The highest BCUT2D eigenvalue weighted by molar-refractivity contribution is 6.04. The molecule has 3 heterocycles. The van der Waals surface area contributed by atoms with E-state index in [0.29, 0.717) is 12.0 Å². The molecule has 2 N–H and O–H groups in total. The molecule has 0 aliphatic carbocycles. The Hall–Kier alpha value is -4.93. The van der Waals surface area contributed by atoms with Gasteiger partial charge in [0.2, 0.25) is 5.91 Å². The number of urea groups is 1. The summed E-state index contributed by atoms with van der Waals surface area (Å²) < 4.78 is 42.0. The molecule has 2 atom stereocenters. The second-order valence-electron chi connectivity index (χ2n) is 9.84. The number of hydrogen-bond acceptors (Lipinski definition) is 4. The molecule has 8 nitrogen and oxygen atoms in total. The monoisotopic (exact) mass is 575 g/mol. The first kappa shape index (κ1) is 28.6. The predicted molar refractivity (Wildman–Crippen MR) is 148 cm³/mol. The van der Waals surface area contributed by atoms with Gasteiger partial charge in [-0.1, -0.05) is 60.7 Å². The van der Waals surface area contributed by atoms with E-state index in [0.717, 1.165) is 11.8 Å². The number of nitrogens with zero attached hydrogens (tertiary/aromatic N) is 3. The molecule has 3 aromatic rings. The molecule has 0 bridgehead atoms. The summed E-state index contributed by atoms with van der Waals surface area (Å²) in [6, 6.07) is 15.8. The van der Waals surface area contributed by atoms with Crippen LogP contribution in [-0.4, -0.2) is 52.3 Å². The molecule has 0 radical (unpaired) electrons. The van der Waals surface area contributed by atoms with Gasteiger partial charge in [0.15, 0.2) is 0 Å². The molecule has 0 fully saturated rings. The first-order valence-electron chi connectivity index (χ1n) is 13.3. The van der Waals surface area contributed by atoms with Gasteiger partial charge in [-0.15, -0.1) is 6.58 Å². The normalized spacial score (nSPS) is 17.5. The molecule has 2 aliphatic heterocycles. The van der Waals surface area contributed by atoms with Crippen LogP contribution in [0.5, 0.6) is 0 Å². The number of halogens is 3. The van der Waals surface area contributed by atoms with Crippen molar-refractivity contribution < 1.29 is 27.6 Å². The van der Waals surface area contributed by atoms with Crippen molar-refractivity contribution >= 4 is 17.8 Å². The largest absolute Gasteiger partial charge is 0.416 e. The van der Waals surface area contributed by atoms with Gasteiger partial charge in [0.05, 0.1) is 29.4 Å². The number of benzene rings is 2. The number of carbonyl (C=O) groups is 3. The van der Waals surface area contributed by atoms with Crippen LogP contribution in [0, 0.1) is 0 Å². The molecule has 2 aromatic carbocycles. The zero-order valence-corrected chi connectivity index (χ0v) is 22.5. The SMILES string of the molecule is C=CCN1C(=O)N[C@@H](c2ccccc2C(F)(F)F)C2=C1CN([C@@H](C(=O)NCCc1ccccn1)c1ccccc1)C2=O. The Morgan fingerprint density at radius 1 is 1.07 bits per heavy atom. The standard InChI is InChI=1S/C31H28F3N5O3/c1-2-18-38-24-19-39(27(20-10-4-3-5-11-20)28(40)36-17-15-21-12-8-9-16-35-21)29(41)25(24)26(37-30(38)42)22-13-6-7-14-23(22)31(32,33)34/h2-14,16,26-27H,1,15,17-19H2,(H,36,40)(H,37,42)/t26-,27+/m0/s1. The third-order valence-corrected chi connectivity index (χ3v) is 7.22. The number of hydrogen-bond donors (Lipinski definition) is 2. The van der Waals surface area contributed by atoms with E-state index in [9.17, 15) is 27.6 Å². The van der Waals surface area contributed by atoms with Gasteiger partial charge >= 0.3 is 12.2 Å². The van der Waals surface area contributed by atoms with Crippen molar-refractivity contribution in [1.82, 2.24) is 25.4 Å². The zero-order valence-electron chi connectivity index (χ0n) is 22.5. The smallest absolute Gasteiger partial charge is 0.354 e. The van der Waals surface area contributed by atoms with Crippen LogP contribution >= 0.6 is 0 Å². The Balaban J connectivity index is 1.51. The summed E-state index contributed by atoms with van der Waals surface area (Å²) in [5.74, 6) is -1.11. The highest BCUT2D eigenvalue weighted by Crippen LogP contribution is 2.43. The zero-order chi connectivity index (χ0) is 29.9. The van der Waals surface area contributed by atoms with E-state index < -0.39 is 41.7 Å². The number of pyridine rings is 1. The Labute approximate surface area is 240 Å². The van der Waals surface area contributed by atoms with E-state index in [1.54, 1.807) is 42.6 Å². The summed E-state index contributed by atoms with van der Waals surface area (Å²) in [5, 5.41) is 5.46. The van der Waals surface area contributed by atoms with Gasteiger partial charge in [-0.05, 0) is 29.3 Å². The summed E-state index contributed by atoms with van der Waals surface area (Å²) in [7, 11) is 0. The number of nitrogens with one attached hydrogen (secondary N) is 2. The van der Waals surface area contributed by atoms with Crippen molar-refractivity contribution in [1.29, 1.82) is 0 Å². The average molecular weight is 576 g/mol.